The van der Waals surface area contributed by atoms with Crippen molar-refractivity contribution in [3.8, 4) is 0 Å². The van der Waals surface area contributed by atoms with Crippen LogP contribution in [-0.2, 0) is 6.54 Å². The van der Waals surface area contributed by atoms with E-state index in [2.05, 4.69) is 9.98 Å². The molecule has 2 nitrogen and oxygen atoms in total. The van der Waals surface area contributed by atoms with Crippen molar-refractivity contribution in [2.45, 2.75) is 6.54 Å². The number of hydrogen-bond donors (Lipinski definition) is 1. The molecule has 0 unspecified atom stereocenters. The van der Waals surface area contributed by atoms with E-state index >= 15 is 0 Å². The molecule has 0 aliphatic carbocycles. The van der Waals surface area contributed by atoms with Gasteiger partial charge in [-0.05, 0) is 5.56 Å². The summed E-state index contributed by atoms with van der Waals surface area (Å²) in [5.74, 6) is 0. The Bertz CT molecular complexity index is 227. The molecule has 0 saturated carbocycles. The molecule has 2 heterocycles. The third-order valence-electron chi connectivity index (χ3n) is 1.36. The van der Waals surface area contributed by atoms with Gasteiger partial charge >= 0.3 is 0 Å². The molecule has 1 N–H and O–H groups in total. The van der Waals surface area contributed by atoms with Crippen LogP contribution in [-0.4, -0.2) is 11.2 Å². The van der Waals surface area contributed by atoms with Crippen LogP contribution >= 0.6 is 12.4 Å². The minimum atomic E-state index is 0. The summed E-state index contributed by atoms with van der Waals surface area (Å²) in [7, 11) is 0. The Balaban J connectivity index is 0.000000405. The number of fused-ring (bicyclic) bond motifs is 1. The Kier molecular flexibility index (Phi) is 1.58. The topological polar surface area (TPSA) is 28.1 Å². The molecule has 48 valence electrons. The summed E-state index contributed by atoms with van der Waals surface area (Å²) in [5.41, 5.74) is 2.55. The second kappa shape index (κ2) is 2.23. The highest BCUT2D eigenvalue weighted by Crippen LogP contribution is 2.11. The average molecular weight is 143 g/mol. The number of nitrogens with zero attached hydrogens (tertiary/aromatic N) is 1. The molecule has 0 fully saturated rings. The standard InChI is InChI=1S/C6H6N2.ClH/c1-5-2-8-4-6(5)3-7-1;/h1-3,7H,4H2;1H. The predicted octanol–water partition coefficient (Wildman–Crippen LogP) is 1.37. The van der Waals surface area contributed by atoms with E-state index in [0.29, 0.717) is 0 Å². The zero-order valence-electron chi connectivity index (χ0n) is 4.79. The lowest BCUT2D eigenvalue weighted by atomic mass is 10.2. The highest BCUT2D eigenvalue weighted by molar-refractivity contribution is 5.85. The molecule has 1 aromatic heterocycles. The van der Waals surface area contributed by atoms with Crippen molar-refractivity contribution < 1.29 is 0 Å². The van der Waals surface area contributed by atoms with Crippen molar-refractivity contribution in [2.24, 2.45) is 4.99 Å². The fraction of sp³-hybridized carbons (Fsp3) is 0.167. The normalized spacial score (nSPS) is 12.9. The van der Waals surface area contributed by atoms with E-state index < -0.39 is 0 Å². The highest BCUT2D eigenvalue weighted by atomic mass is 35.5. The molecule has 3 heteroatoms. The molecule has 0 amide bonds. The molecule has 0 radical (unpaired) electrons. The van der Waals surface area contributed by atoms with Crippen molar-refractivity contribution in [1.29, 1.82) is 0 Å². The zero-order chi connectivity index (χ0) is 5.40. The number of nitrogens with one attached hydrogen (secondary N) is 1. The first-order valence-electron chi connectivity index (χ1n) is 2.62. The second-order valence-electron chi connectivity index (χ2n) is 1.91. The van der Waals surface area contributed by atoms with Gasteiger partial charge in [0, 0.05) is 24.2 Å². The predicted molar refractivity (Wildman–Crippen MR) is 39.3 cm³/mol. The summed E-state index contributed by atoms with van der Waals surface area (Å²) in [6, 6.07) is 0. The molecular weight excluding hydrogens is 136 g/mol. The van der Waals surface area contributed by atoms with Gasteiger partial charge < -0.3 is 4.98 Å². The number of H-pyrrole nitrogens is 1. The van der Waals surface area contributed by atoms with Gasteiger partial charge in [0.2, 0.25) is 0 Å². The summed E-state index contributed by atoms with van der Waals surface area (Å²) in [6.07, 6.45) is 5.85. The Labute approximate surface area is 59.4 Å². The van der Waals surface area contributed by atoms with Crippen molar-refractivity contribution >= 4 is 18.6 Å². The van der Waals surface area contributed by atoms with Crippen LogP contribution in [0.1, 0.15) is 11.1 Å². The lowest BCUT2D eigenvalue weighted by Gasteiger charge is -1.77. The number of rotatable bonds is 0. The van der Waals surface area contributed by atoms with Crippen molar-refractivity contribution in [2.75, 3.05) is 0 Å². The van der Waals surface area contributed by atoms with E-state index in [9.17, 15) is 0 Å². The van der Waals surface area contributed by atoms with Gasteiger partial charge in [0.25, 0.3) is 0 Å². The van der Waals surface area contributed by atoms with Crippen LogP contribution in [0, 0.1) is 0 Å². The summed E-state index contributed by atoms with van der Waals surface area (Å²) in [5, 5.41) is 0. The second-order valence-corrected chi connectivity index (χ2v) is 1.91. The molecule has 0 aromatic carbocycles. The van der Waals surface area contributed by atoms with E-state index in [1.165, 1.54) is 11.1 Å². The number of halogens is 1. The van der Waals surface area contributed by atoms with Gasteiger partial charge in [-0.1, -0.05) is 0 Å². The average Bonchev–Trinajstić information content (AvgIpc) is 2.15. The Morgan fingerprint density at radius 3 is 3.11 bits per heavy atom. The van der Waals surface area contributed by atoms with Crippen LogP contribution in [0.3, 0.4) is 0 Å². The lowest BCUT2D eigenvalue weighted by molar-refractivity contribution is 1.11. The van der Waals surface area contributed by atoms with Gasteiger partial charge in [0.1, 0.15) is 0 Å². The molecule has 0 atom stereocenters. The first-order valence-corrected chi connectivity index (χ1v) is 2.62. The maximum Gasteiger partial charge on any atom is 0.0661 e. The first-order chi connectivity index (χ1) is 3.97. The first kappa shape index (κ1) is 6.36. The van der Waals surface area contributed by atoms with E-state index in [4.69, 9.17) is 0 Å². The van der Waals surface area contributed by atoms with Crippen LogP contribution < -0.4 is 0 Å². The number of aromatic amines is 1. The minimum Gasteiger partial charge on any atom is -0.367 e. The van der Waals surface area contributed by atoms with Crippen LogP contribution in [0.15, 0.2) is 17.4 Å². The Morgan fingerprint density at radius 2 is 2.33 bits per heavy atom. The van der Waals surface area contributed by atoms with Gasteiger partial charge in [-0.2, -0.15) is 0 Å². The zero-order valence-corrected chi connectivity index (χ0v) is 5.61. The fourth-order valence-electron chi connectivity index (χ4n) is 0.908. The number of aliphatic imine (C=N–C) groups is 1. The van der Waals surface area contributed by atoms with Crippen LogP contribution in [0.5, 0.6) is 0 Å². The third kappa shape index (κ3) is 0.856. The fourth-order valence-corrected chi connectivity index (χ4v) is 0.908. The lowest BCUT2D eigenvalue weighted by Crippen LogP contribution is -1.70. The molecular formula is C6H7ClN2. The van der Waals surface area contributed by atoms with Crippen molar-refractivity contribution in [3.05, 3.63) is 23.5 Å². The Morgan fingerprint density at radius 1 is 1.44 bits per heavy atom. The Hall–Kier alpha value is -0.760. The summed E-state index contributed by atoms with van der Waals surface area (Å²) >= 11 is 0. The van der Waals surface area contributed by atoms with E-state index in [0.717, 1.165) is 6.54 Å². The molecule has 0 spiro atoms. The van der Waals surface area contributed by atoms with Crippen molar-refractivity contribution in [1.82, 2.24) is 4.98 Å². The molecule has 1 aliphatic rings. The van der Waals surface area contributed by atoms with Gasteiger partial charge in [0.05, 0.1) is 6.54 Å². The summed E-state index contributed by atoms with van der Waals surface area (Å²) in [6.45, 7) is 0.860. The van der Waals surface area contributed by atoms with Gasteiger partial charge in [-0.3, -0.25) is 4.99 Å². The largest absolute Gasteiger partial charge is 0.367 e. The minimum absolute atomic E-state index is 0. The molecule has 0 saturated heterocycles. The molecule has 1 aliphatic heterocycles. The van der Waals surface area contributed by atoms with Crippen LogP contribution in [0.4, 0.5) is 0 Å². The monoisotopic (exact) mass is 142 g/mol. The van der Waals surface area contributed by atoms with Crippen LogP contribution in [0.2, 0.25) is 0 Å². The number of aromatic nitrogens is 1. The van der Waals surface area contributed by atoms with Gasteiger partial charge in [-0.25, -0.2) is 0 Å². The van der Waals surface area contributed by atoms with Crippen LogP contribution in [0.25, 0.3) is 0 Å². The molecule has 0 bridgehead atoms. The third-order valence-corrected chi connectivity index (χ3v) is 1.36. The van der Waals surface area contributed by atoms with E-state index in [1.807, 2.05) is 18.6 Å². The SMILES string of the molecule is C1=NCc2c[nH]cc21.Cl. The highest BCUT2D eigenvalue weighted by Gasteiger charge is 2.03. The number of hydrogen-bond acceptors (Lipinski definition) is 1. The van der Waals surface area contributed by atoms with Crippen molar-refractivity contribution in [3.63, 3.8) is 0 Å². The smallest absolute Gasteiger partial charge is 0.0661 e. The van der Waals surface area contributed by atoms with E-state index in [-0.39, 0.29) is 12.4 Å². The van der Waals surface area contributed by atoms with Gasteiger partial charge in [0.15, 0.2) is 0 Å². The summed E-state index contributed by atoms with van der Waals surface area (Å²) < 4.78 is 0. The van der Waals surface area contributed by atoms with Gasteiger partial charge in [-0.15, -0.1) is 12.4 Å². The summed E-state index contributed by atoms with van der Waals surface area (Å²) in [4.78, 5) is 7.08. The quantitative estimate of drug-likeness (QED) is 0.567. The molecule has 1 aromatic rings. The van der Waals surface area contributed by atoms with E-state index in [1.54, 1.807) is 0 Å². The molecule has 2 rings (SSSR count). The maximum absolute atomic E-state index is 4.07. The molecule has 9 heavy (non-hydrogen) atoms. The maximum atomic E-state index is 4.07.